The summed E-state index contributed by atoms with van der Waals surface area (Å²) in [6.07, 6.45) is 0.177. The van der Waals surface area contributed by atoms with Gasteiger partial charge in [-0.1, -0.05) is 25.1 Å². The van der Waals surface area contributed by atoms with Crippen molar-refractivity contribution < 1.29 is 9.32 Å². The summed E-state index contributed by atoms with van der Waals surface area (Å²) < 4.78 is 5.06. The number of aryl methyl sites for hydroxylation is 1. The monoisotopic (exact) mass is 245 g/mol. The highest BCUT2D eigenvalue weighted by Gasteiger charge is 2.15. The molecular weight excluding hydrogens is 230 g/mol. The lowest BCUT2D eigenvalue weighted by Crippen LogP contribution is -2.10. The number of pyridine rings is 1. The Morgan fingerprint density at radius 2 is 2.11 bits per heavy atom. The summed E-state index contributed by atoms with van der Waals surface area (Å²) in [6.45, 7) is 5.59. The SMILES string of the molecule is Cc1cccc(-c2noc(CC(=O)C(C)C)n2)n1. The van der Waals surface area contributed by atoms with E-state index in [0.29, 0.717) is 17.4 Å². The average Bonchev–Trinajstić information content (AvgIpc) is 2.77. The number of hydrogen-bond donors (Lipinski definition) is 0. The van der Waals surface area contributed by atoms with Gasteiger partial charge in [0.2, 0.25) is 11.7 Å². The third kappa shape index (κ3) is 2.80. The first kappa shape index (κ1) is 12.4. The van der Waals surface area contributed by atoms with Gasteiger partial charge >= 0.3 is 0 Å². The van der Waals surface area contributed by atoms with Crippen LogP contribution < -0.4 is 0 Å². The molecule has 0 saturated heterocycles. The van der Waals surface area contributed by atoms with Crippen molar-refractivity contribution in [3.63, 3.8) is 0 Å². The second kappa shape index (κ2) is 5.08. The Hall–Kier alpha value is -2.04. The zero-order chi connectivity index (χ0) is 13.1. The van der Waals surface area contributed by atoms with Crippen LogP contribution in [0.3, 0.4) is 0 Å². The van der Waals surface area contributed by atoms with Crippen LogP contribution in [0.4, 0.5) is 0 Å². The van der Waals surface area contributed by atoms with Gasteiger partial charge in [-0.25, -0.2) is 4.98 Å². The van der Waals surface area contributed by atoms with Crippen LogP contribution in [-0.2, 0) is 11.2 Å². The van der Waals surface area contributed by atoms with Gasteiger partial charge in [0.05, 0.1) is 6.42 Å². The molecule has 0 saturated carbocycles. The minimum atomic E-state index is -0.0301. The van der Waals surface area contributed by atoms with Gasteiger partial charge in [0, 0.05) is 11.6 Å². The molecule has 18 heavy (non-hydrogen) atoms. The minimum absolute atomic E-state index is 0.0301. The molecule has 0 unspecified atom stereocenters. The van der Waals surface area contributed by atoms with E-state index in [0.717, 1.165) is 5.69 Å². The predicted molar refractivity (Wildman–Crippen MR) is 65.8 cm³/mol. The van der Waals surface area contributed by atoms with Crippen LogP contribution in [0.5, 0.6) is 0 Å². The summed E-state index contributed by atoms with van der Waals surface area (Å²) in [4.78, 5) is 20.1. The summed E-state index contributed by atoms with van der Waals surface area (Å²) >= 11 is 0. The molecule has 0 bridgehead atoms. The maximum Gasteiger partial charge on any atom is 0.234 e. The van der Waals surface area contributed by atoms with Crippen LogP contribution in [0.1, 0.15) is 25.4 Å². The molecule has 5 nitrogen and oxygen atoms in total. The fourth-order valence-electron chi connectivity index (χ4n) is 1.45. The van der Waals surface area contributed by atoms with Crippen molar-refractivity contribution in [2.45, 2.75) is 27.2 Å². The molecule has 94 valence electrons. The van der Waals surface area contributed by atoms with Gasteiger partial charge in [-0.2, -0.15) is 4.98 Å². The number of aromatic nitrogens is 3. The topological polar surface area (TPSA) is 68.9 Å². The number of rotatable bonds is 4. The molecule has 0 radical (unpaired) electrons. The summed E-state index contributed by atoms with van der Waals surface area (Å²) in [5.74, 6) is 0.817. The fourth-order valence-corrected chi connectivity index (χ4v) is 1.45. The fraction of sp³-hybridized carbons (Fsp3) is 0.385. The Bertz CT molecular complexity index is 561. The molecule has 0 aliphatic rings. The maximum atomic E-state index is 11.6. The number of Topliss-reactive ketones (excluding diaryl/α,β-unsaturated/α-hetero) is 1. The molecule has 2 aromatic rings. The van der Waals surface area contributed by atoms with E-state index in [2.05, 4.69) is 15.1 Å². The smallest absolute Gasteiger partial charge is 0.234 e. The molecule has 0 aliphatic carbocycles. The molecule has 0 N–H and O–H groups in total. The first-order valence-corrected chi connectivity index (χ1v) is 5.85. The van der Waals surface area contributed by atoms with E-state index >= 15 is 0 Å². The van der Waals surface area contributed by atoms with Gasteiger partial charge in [-0.05, 0) is 19.1 Å². The van der Waals surface area contributed by atoms with Crippen molar-refractivity contribution in [1.29, 1.82) is 0 Å². The second-order valence-electron chi connectivity index (χ2n) is 4.47. The van der Waals surface area contributed by atoms with Crippen molar-refractivity contribution >= 4 is 5.78 Å². The summed E-state index contributed by atoms with van der Waals surface area (Å²) in [5.41, 5.74) is 1.54. The van der Waals surface area contributed by atoms with E-state index in [4.69, 9.17) is 4.52 Å². The second-order valence-corrected chi connectivity index (χ2v) is 4.47. The standard InChI is InChI=1S/C13H15N3O2/c1-8(2)11(17)7-12-15-13(16-18-12)10-6-4-5-9(3)14-10/h4-6,8H,7H2,1-3H3. The van der Waals surface area contributed by atoms with E-state index < -0.39 is 0 Å². The molecule has 2 heterocycles. The Morgan fingerprint density at radius 1 is 1.33 bits per heavy atom. The van der Waals surface area contributed by atoms with Gasteiger partial charge in [-0.3, -0.25) is 4.79 Å². The molecule has 0 atom stereocenters. The third-order valence-electron chi connectivity index (χ3n) is 2.55. The highest BCUT2D eigenvalue weighted by molar-refractivity contribution is 5.81. The Labute approximate surface area is 105 Å². The molecule has 0 spiro atoms. The van der Waals surface area contributed by atoms with Gasteiger partial charge < -0.3 is 4.52 Å². The predicted octanol–water partition coefficient (Wildman–Crippen LogP) is 2.21. The van der Waals surface area contributed by atoms with E-state index in [1.54, 1.807) is 0 Å². The van der Waals surface area contributed by atoms with Crippen molar-refractivity contribution in [3.8, 4) is 11.5 Å². The van der Waals surface area contributed by atoms with E-state index in [1.807, 2.05) is 39.0 Å². The van der Waals surface area contributed by atoms with Crippen molar-refractivity contribution in [3.05, 3.63) is 29.8 Å². The maximum absolute atomic E-state index is 11.6. The molecule has 5 heteroatoms. The number of carbonyl (C=O) groups excluding carboxylic acids is 1. The van der Waals surface area contributed by atoms with Gasteiger partial charge in [0.1, 0.15) is 11.5 Å². The van der Waals surface area contributed by atoms with Crippen molar-refractivity contribution in [2.24, 2.45) is 5.92 Å². The lowest BCUT2D eigenvalue weighted by Gasteiger charge is -1.98. The molecule has 2 rings (SSSR count). The van der Waals surface area contributed by atoms with E-state index in [9.17, 15) is 4.79 Å². The van der Waals surface area contributed by atoms with Gasteiger partial charge in [-0.15, -0.1) is 0 Å². The quantitative estimate of drug-likeness (QED) is 0.826. The first-order chi connectivity index (χ1) is 8.56. The van der Waals surface area contributed by atoms with Crippen LogP contribution in [0.15, 0.2) is 22.7 Å². The zero-order valence-corrected chi connectivity index (χ0v) is 10.7. The highest BCUT2D eigenvalue weighted by Crippen LogP contribution is 2.14. The van der Waals surface area contributed by atoms with Crippen LogP contribution >= 0.6 is 0 Å². The van der Waals surface area contributed by atoms with Crippen LogP contribution in [0, 0.1) is 12.8 Å². The lowest BCUT2D eigenvalue weighted by molar-refractivity contribution is -0.121. The van der Waals surface area contributed by atoms with Crippen LogP contribution in [0.2, 0.25) is 0 Å². The normalized spacial score (nSPS) is 10.9. The number of ketones is 1. The highest BCUT2D eigenvalue weighted by atomic mass is 16.5. The number of nitrogens with zero attached hydrogens (tertiary/aromatic N) is 3. The number of hydrogen-bond acceptors (Lipinski definition) is 5. The van der Waals surface area contributed by atoms with Crippen LogP contribution in [-0.4, -0.2) is 20.9 Å². The largest absolute Gasteiger partial charge is 0.338 e. The lowest BCUT2D eigenvalue weighted by atomic mass is 10.1. The molecule has 2 aromatic heterocycles. The summed E-state index contributed by atoms with van der Waals surface area (Å²) in [7, 11) is 0. The van der Waals surface area contributed by atoms with E-state index in [1.165, 1.54) is 0 Å². The zero-order valence-electron chi connectivity index (χ0n) is 10.7. The summed E-state index contributed by atoms with van der Waals surface area (Å²) in [5, 5.41) is 3.84. The Morgan fingerprint density at radius 3 is 2.78 bits per heavy atom. The molecule has 0 amide bonds. The summed E-state index contributed by atoms with van der Waals surface area (Å²) in [6, 6.07) is 5.59. The molecular formula is C13H15N3O2. The Kier molecular flexibility index (Phi) is 3.50. The van der Waals surface area contributed by atoms with Crippen molar-refractivity contribution in [2.75, 3.05) is 0 Å². The third-order valence-corrected chi connectivity index (χ3v) is 2.55. The van der Waals surface area contributed by atoms with Crippen molar-refractivity contribution in [1.82, 2.24) is 15.1 Å². The molecule has 0 aromatic carbocycles. The minimum Gasteiger partial charge on any atom is -0.338 e. The average molecular weight is 245 g/mol. The Balaban J connectivity index is 2.18. The molecule has 0 aliphatic heterocycles. The van der Waals surface area contributed by atoms with Gasteiger partial charge in [0.25, 0.3) is 0 Å². The molecule has 0 fully saturated rings. The first-order valence-electron chi connectivity index (χ1n) is 5.85. The van der Waals surface area contributed by atoms with E-state index in [-0.39, 0.29) is 18.1 Å². The number of carbonyl (C=O) groups is 1. The van der Waals surface area contributed by atoms with Crippen LogP contribution in [0.25, 0.3) is 11.5 Å². The van der Waals surface area contributed by atoms with Gasteiger partial charge in [0.15, 0.2) is 0 Å².